The van der Waals surface area contributed by atoms with Crippen molar-refractivity contribution in [3.63, 3.8) is 0 Å². The molecule has 0 aromatic heterocycles. The number of benzene rings is 2. The van der Waals surface area contributed by atoms with Gasteiger partial charge in [-0.1, -0.05) is 12.1 Å². The molecule has 0 unspecified atom stereocenters. The number of hydrogen-bond donors (Lipinski definition) is 1. The van der Waals surface area contributed by atoms with Crippen molar-refractivity contribution in [2.24, 2.45) is 0 Å². The Balaban J connectivity index is 1.69. The SMILES string of the molecule is CSc1ccc(S(=O)(=O)N(C)CC(=O)Nc2ccccc2C(=O)N2CCOCC2)cc1. The maximum atomic E-state index is 12.8. The van der Waals surface area contributed by atoms with Gasteiger partial charge in [-0.3, -0.25) is 9.59 Å². The number of sulfonamides is 1. The number of carbonyl (C=O) groups excluding carboxylic acids is 2. The first-order valence-electron chi connectivity index (χ1n) is 9.69. The first-order chi connectivity index (χ1) is 14.8. The summed E-state index contributed by atoms with van der Waals surface area (Å²) in [6, 6.07) is 13.2. The summed E-state index contributed by atoms with van der Waals surface area (Å²) in [7, 11) is -2.47. The molecule has 0 bridgehead atoms. The van der Waals surface area contributed by atoms with E-state index in [1.54, 1.807) is 41.3 Å². The molecule has 2 amide bonds. The third kappa shape index (κ3) is 5.65. The Labute approximate surface area is 186 Å². The van der Waals surface area contributed by atoms with Gasteiger partial charge in [-0.15, -0.1) is 11.8 Å². The molecule has 1 aliphatic rings. The summed E-state index contributed by atoms with van der Waals surface area (Å²) >= 11 is 1.51. The number of thioether (sulfide) groups is 1. The van der Waals surface area contributed by atoms with Gasteiger partial charge < -0.3 is 15.0 Å². The highest BCUT2D eigenvalue weighted by Crippen LogP contribution is 2.21. The molecular weight excluding hydrogens is 438 g/mol. The molecule has 0 saturated carbocycles. The zero-order valence-electron chi connectivity index (χ0n) is 17.4. The predicted molar refractivity (Wildman–Crippen MR) is 120 cm³/mol. The van der Waals surface area contributed by atoms with Crippen molar-refractivity contribution in [3.8, 4) is 0 Å². The third-order valence-corrected chi connectivity index (χ3v) is 7.42. The van der Waals surface area contributed by atoms with E-state index < -0.39 is 15.9 Å². The van der Waals surface area contributed by atoms with Gasteiger partial charge >= 0.3 is 0 Å². The third-order valence-electron chi connectivity index (χ3n) is 4.86. The molecule has 0 radical (unpaired) electrons. The van der Waals surface area contributed by atoms with Crippen LogP contribution in [0.5, 0.6) is 0 Å². The Hall–Kier alpha value is -2.40. The van der Waals surface area contributed by atoms with Crippen LogP contribution in [0, 0.1) is 0 Å². The number of amides is 2. The molecule has 3 rings (SSSR count). The normalized spacial score (nSPS) is 14.5. The highest BCUT2D eigenvalue weighted by atomic mass is 32.2. The number of carbonyl (C=O) groups is 2. The van der Waals surface area contributed by atoms with Crippen molar-refractivity contribution < 1.29 is 22.7 Å². The summed E-state index contributed by atoms with van der Waals surface area (Å²) in [5.41, 5.74) is 0.704. The standard InChI is InChI=1S/C21H25N3O5S2/c1-23(31(27,28)17-9-7-16(30-2)8-10-17)15-20(25)22-19-6-4-3-5-18(19)21(26)24-11-13-29-14-12-24/h3-10H,11-15H2,1-2H3,(H,22,25). The molecule has 0 aliphatic carbocycles. The molecule has 166 valence electrons. The Bertz CT molecular complexity index is 1040. The van der Waals surface area contributed by atoms with E-state index in [9.17, 15) is 18.0 Å². The minimum Gasteiger partial charge on any atom is -0.378 e. The van der Waals surface area contributed by atoms with E-state index in [1.807, 2.05) is 6.26 Å². The molecule has 1 aliphatic heterocycles. The molecular formula is C21H25N3O5S2. The highest BCUT2D eigenvalue weighted by molar-refractivity contribution is 7.98. The first kappa shape index (κ1) is 23.3. The Morgan fingerprint density at radius 1 is 1.10 bits per heavy atom. The maximum Gasteiger partial charge on any atom is 0.256 e. The number of likely N-dealkylation sites (N-methyl/N-ethyl adjacent to an activating group) is 1. The number of rotatable bonds is 7. The topological polar surface area (TPSA) is 96.0 Å². The quantitative estimate of drug-likeness (QED) is 0.632. The van der Waals surface area contributed by atoms with Gasteiger partial charge in [-0.05, 0) is 42.7 Å². The molecule has 1 fully saturated rings. The van der Waals surface area contributed by atoms with Crippen LogP contribution in [0.25, 0.3) is 0 Å². The van der Waals surface area contributed by atoms with E-state index in [0.29, 0.717) is 37.6 Å². The number of ether oxygens (including phenoxy) is 1. The van der Waals surface area contributed by atoms with Gasteiger partial charge in [0.25, 0.3) is 5.91 Å². The van der Waals surface area contributed by atoms with Gasteiger partial charge in [0, 0.05) is 25.0 Å². The molecule has 1 N–H and O–H groups in total. The summed E-state index contributed by atoms with van der Waals surface area (Å²) in [5, 5.41) is 2.68. The largest absolute Gasteiger partial charge is 0.378 e. The molecule has 0 atom stereocenters. The van der Waals surface area contributed by atoms with Crippen LogP contribution in [-0.2, 0) is 19.6 Å². The maximum absolute atomic E-state index is 12.8. The molecule has 1 heterocycles. The minimum atomic E-state index is -3.82. The van der Waals surface area contributed by atoms with E-state index in [0.717, 1.165) is 9.20 Å². The molecule has 0 spiro atoms. The highest BCUT2D eigenvalue weighted by Gasteiger charge is 2.25. The summed E-state index contributed by atoms with van der Waals surface area (Å²) in [6.45, 7) is 1.53. The van der Waals surface area contributed by atoms with Gasteiger partial charge in [0.2, 0.25) is 15.9 Å². The van der Waals surface area contributed by atoms with Crippen LogP contribution in [0.2, 0.25) is 0 Å². The van der Waals surface area contributed by atoms with E-state index in [4.69, 9.17) is 4.74 Å². The van der Waals surface area contributed by atoms with Gasteiger partial charge in [0.15, 0.2) is 0 Å². The van der Waals surface area contributed by atoms with Crippen molar-refractivity contribution in [2.75, 3.05) is 51.5 Å². The van der Waals surface area contributed by atoms with Crippen LogP contribution in [0.1, 0.15) is 10.4 Å². The fraction of sp³-hybridized carbons (Fsp3) is 0.333. The zero-order valence-corrected chi connectivity index (χ0v) is 19.0. The smallest absolute Gasteiger partial charge is 0.256 e. The van der Waals surface area contributed by atoms with E-state index >= 15 is 0 Å². The summed E-state index contributed by atoms with van der Waals surface area (Å²) in [6.07, 6.45) is 1.90. The number of nitrogens with zero attached hydrogens (tertiary/aromatic N) is 2. The van der Waals surface area contributed by atoms with E-state index in [-0.39, 0.29) is 17.3 Å². The van der Waals surface area contributed by atoms with Crippen LogP contribution in [0.4, 0.5) is 5.69 Å². The van der Waals surface area contributed by atoms with Gasteiger partial charge in [0.05, 0.1) is 35.9 Å². The molecule has 8 nitrogen and oxygen atoms in total. The Kier molecular flexibility index (Phi) is 7.71. The van der Waals surface area contributed by atoms with Crippen LogP contribution >= 0.6 is 11.8 Å². The van der Waals surface area contributed by atoms with Gasteiger partial charge in [-0.2, -0.15) is 4.31 Å². The minimum absolute atomic E-state index is 0.114. The first-order valence-corrected chi connectivity index (χ1v) is 12.4. The van der Waals surface area contributed by atoms with Crippen LogP contribution in [0.15, 0.2) is 58.3 Å². The Morgan fingerprint density at radius 3 is 2.39 bits per heavy atom. The van der Waals surface area contributed by atoms with Crippen molar-refractivity contribution in [1.29, 1.82) is 0 Å². The average Bonchev–Trinajstić information content (AvgIpc) is 2.79. The second-order valence-electron chi connectivity index (χ2n) is 6.93. The fourth-order valence-corrected chi connectivity index (χ4v) is 4.66. The van der Waals surface area contributed by atoms with Crippen molar-refractivity contribution in [1.82, 2.24) is 9.21 Å². The number of para-hydroxylation sites is 1. The number of hydrogen-bond acceptors (Lipinski definition) is 6. The van der Waals surface area contributed by atoms with E-state index in [1.165, 1.54) is 30.9 Å². The van der Waals surface area contributed by atoms with Crippen LogP contribution in [0.3, 0.4) is 0 Å². The molecule has 1 saturated heterocycles. The predicted octanol–water partition coefficient (Wildman–Crippen LogP) is 2.14. The second kappa shape index (κ2) is 10.3. The lowest BCUT2D eigenvalue weighted by Gasteiger charge is -2.27. The monoisotopic (exact) mass is 463 g/mol. The molecule has 10 heteroatoms. The average molecular weight is 464 g/mol. The van der Waals surface area contributed by atoms with Crippen LogP contribution in [-0.4, -0.2) is 75.6 Å². The lowest BCUT2D eigenvalue weighted by atomic mass is 10.1. The van der Waals surface area contributed by atoms with Gasteiger partial charge in [-0.25, -0.2) is 8.42 Å². The number of morpholine rings is 1. The zero-order chi connectivity index (χ0) is 22.4. The fourth-order valence-electron chi connectivity index (χ4n) is 3.12. The number of anilines is 1. The lowest BCUT2D eigenvalue weighted by molar-refractivity contribution is -0.116. The number of nitrogens with one attached hydrogen (secondary N) is 1. The van der Waals surface area contributed by atoms with Gasteiger partial charge in [0.1, 0.15) is 0 Å². The van der Waals surface area contributed by atoms with Crippen molar-refractivity contribution in [2.45, 2.75) is 9.79 Å². The van der Waals surface area contributed by atoms with Crippen molar-refractivity contribution >= 4 is 39.3 Å². The molecule has 2 aromatic rings. The molecule has 31 heavy (non-hydrogen) atoms. The second-order valence-corrected chi connectivity index (χ2v) is 9.86. The van der Waals surface area contributed by atoms with Crippen molar-refractivity contribution in [3.05, 3.63) is 54.1 Å². The summed E-state index contributed by atoms with van der Waals surface area (Å²) < 4.78 is 31.8. The summed E-state index contributed by atoms with van der Waals surface area (Å²) in [5.74, 6) is -0.733. The van der Waals surface area contributed by atoms with Crippen LogP contribution < -0.4 is 5.32 Å². The van der Waals surface area contributed by atoms with E-state index in [2.05, 4.69) is 5.32 Å². The lowest BCUT2D eigenvalue weighted by Crippen LogP contribution is -2.41. The summed E-state index contributed by atoms with van der Waals surface area (Å²) in [4.78, 5) is 28.1. The molecule has 2 aromatic carbocycles. The Morgan fingerprint density at radius 2 is 1.74 bits per heavy atom.